The minimum Gasteiger partial charge on any atom is -0.493 e. The zero-order chi connectivity index (χ0) is 24.1. The molecule has 9 nitrogen and oxygen atoms in total. The number of fused-ring (bicyclic) bond motifs is 6. The van der Waals surface area contributed by atoms with Crippen LogP contribution >= 0.6 is 0 Å². The van der Waals surface area contributed by atoms with Gasteiger partial charge in [-0.25, -0.2) is 9.78 Å². The van der Waals surface area contributed by atoms with Crippen molar-refractivity contribution in [3.05, 3.63) is 46.6 Å². The molecule has 3 aromatic heterocycles. The van der Waals surface area contributed by atoms with E-state index in [-0.39, 0.29) is 11.7 Å². The van der Waals surface area contributed by atoms with Gasteiger partial charge in [-0.15, -0.1) is 0 Å². The average Bonchev–Trinajstić information content (AvgIpc) is 3.09. The van der Waals surface area contributed by atoms with Crippen LogP contribution in [0.1, 0.15) is 50.6 Å². The highest BCUT2D eigenvalue weighted by atomic mass is 16.5. The number of anilines is 2. The molecule has 1 fully saturated rings. The summed E-state index contributed by atoms with van der Waals surface area (Å²) in [6, 6.07) is 6.95. The fraction of sp³-hybridized carbons (Fsp3) is 0.462. The summed E-state index contributed by atoms with van der Waals surface area (Å²) in [7, 11) is 1.80. The Hall–Kier alpha value is -3.46. The largest absolute Gasteiger partial charge is 0.493 e. The third kappa shape index (κ3) is 3.93. The van der Waals surface area contributed by atoms with Gasteiger partial charge in [0.2, 0.25) is 5.95 Å². The van der Waals surface area contributed by atoms with E-state index >= 15 is 0 Å². The lowest BCUT2D eigenvalue weighted by molar-refractivity contribution is 0.250. The molecule has 1 atom stereocenters. The van der Waals surface area contributed by atoms with Crippen molar-refractivity contribution < 1.29 is 4.74 Å². The molecule has 1 aliphatic carbocycles. The Morgan fingerprint density at radius 2 is 1.94 bits per heavy atom. The minimum atomic E-state index is -0.0274. The molecule has 182 valence electrons. The summed E-state index contributed by atoms with van der Waals surface area (Å²) in [5, 5.41) is 8.10. The summed E-state index contributed by atoms with van der Waals surface area (Å²) >= 11 is 0. The van der Waals surface area contributed by atoms with Crippen molar-refractivity contribution in [3.8, 4) is 5.75 Å². The fourth-order valence-corrected chi connectivity index (χ4v) is 5.51. The van der Waals surface area contributed by atoms with E-state index in [0.29, 0.717) is 30.3 Å². The van der Waals surface area contributed by atoms with E-state index in [1.165, 1.54) is 0 Å². The number of nitrogens with one attached hydrogen (secondary N) is 2. The predicted octanol–water partition coefficient (Wildman–Crippen LogP) is 3.97. The smallest absolute Gasteiger partial charge is 0.330 e. The maximum Gasteiger partial charge on any atom is 0.330 e. The first-order valence-corrected chi connectivity index (χ1v) is 12.5. The number of benzene rings is 1. The molecular weight excluding hydrogens is 442 g/mol. The molecule has 9 heteroatoms. The molecule has 6 bridgehead atoms. The molecule has 1 saturated carbocycles. The predicted molar refractivity (Wildman–Crippen MR) is 137 cm³/mol. The van der Waals surface area contributed by atoms with Crippen molar-refractivity contribution in [1.82, 2.24) is 29.4 Å². The molecule has 35 heavy (non-hydrogen) atoms. The lowest BCUT2D eigenvalue weighted by atomic mass is 9.90. The number of pyridine rings is 1. The van der Waals surface area contributed by atoms with Gasteiger partial charge < -0.3 is 15.4 Å². The van der Waals surface area contributed by atoms with Crippen LogP contribution in [0.3, 0.4) is 0 Å². The maximum atomic E-state index is 13.2. The number of rotatable bonds is 0. The van der Waals surface area contributed by atoms with E-state index in [2.05, 4.69) is 27.5 Å². The highest BCUT2D eigenvalue weighted by Crippen LogP contribution is 2.33. The summed E-state index contributed by atoms with van der Waals surface area (Å²) in [5.41, 5.74) is 4.21. The first-order valence-electron chi connectivity index (χ1n) is 12.5. The number of aromatic nitrogens is 5. The highest BCUT2D eigenvalue weighted by Gasteiger charge is 2.27. The van der Waals surface area contributed by atoms with Gasteiger partial charge in [-0.05, 0) is 69.7 Å². The topological polar surface area (TPSA) is 98.9 Å². The maximum absolute atomic E-state index is 13.2. The van der Waals surface area contributed by atoms with Crippen molar-refractivity contribution in [1.29, 1.82) is 0 Å². The van der Waals surface area contributed by atoms with Crippen molar-refractivity contribution in [2.75, 3.05) is 11.9 Å². The van der Waals surface area contributed by atoms with Crippen LogP contribution in [0.15, 0.2) is 35.4 Å². The average molecular weight is 474 g/mol. The van der Waals surface area contributed by atoms with Crippen LogP contribution in [-0.4, -0.2) is 42.8 Å². The SMILES string of the molecule is Cc1cc2nccc3c2cc1Nc1ncc2c(n1)n(c(=O)n2C)C1CCC(CC1)N[C@H](C)CCO3. The molecule has 1 aromatic carbocycles. The summed E-state index contributed by atoms with van der Waals surface area (Å²) in [4.78, 5) is 27.1. The monoisotopic (exact) mass is 473 g/mol. The zero-order valence-electron chi connectivity index (χ0n) is 20.4. The third-order valence-electron chi connectivity index (χ3n) is 7.52. The normalized spacial score (nSPS) is 22.8. The summed E-state index contributed by atoms with van der Waals surface area (Å²) < 4.78 is 9.76. The number of hydrogen-bond acceptors (Lipinski definition) is 7. The molecule has 2 aliphatic heterocycles. The van der Waals surface area contributed by atoms with E-state index in [1.54, 1.807) is 24.0 Å². The first kappa shape index (κ1) is 22.0. The molecule has 7 rings (SSSR count). The Kier molecular flexibility index (Phi) is 5.44. The standard InChI is InChI=1S/C26H31N7O2/c1-15-12-21-19-13-20(15)30-25-28-14-22-24(31-25)33(26(34)32(22)3)18-6-4-17(5-7-18)29-16(2)9-11-35-23(19)8-10-27-21/h8,10,12-14,16-18,29H,4-7,9,11H2,1-3H3,(H,28,30,31)/t16-,17?,18?/m1/s1. The van der Waals surface area contributed by atoms with Crippen LogP contribution in [0, 0.1) is 6.92 Å². The molecule has 4 aromatic rings. The van der Waals surface area contributed by atoms with Gasteiger partial charge in [-0.1, -0.05) is 0 Å². The van der Waals surface area contributed by atoms with Crippen molar-refractivity contribution in [2.45, 2.75) is 64.1 Å². The minimum absolute atomic E-state index is 0.0274. The lowest BCUT2D eigenvalue weighted by Gasteiger charge is -2.31. The van der Waals surface area contributed by atoms with Gasteiger partial charge in [0.25, 0.3) is 0 Å². The molecule has 0 amide bonds. The van der Waals surface area contributed by atoms with Crippen LogP contribution in [0.2, 0.25) is 0 Å². The van der Waals surface area contributed by atoms with E-state index in [1.807, 2.05) is 29.7 Å². The summed E-state index contributed by atoms with van der Waals surface area (Å²) in [5.74, 6) is 1.29. The third-order valence-corrected chi connectivity index (χ3v) is 7.52. The zero-order valence-corrected chi connectivity index (χ0v) is 20.4. The van der Waals surface area contributed by atoms with Gasteiger partial charge >= 0.3 is 5.69 Å². The van der Waals surface area contributed by atoms with Gasteiger partial charge in [0, 0.05) is 42.4 Å². The van der Waals surface area contributed by atoms with E-state index < -0.39 is 0 Å². The lowest BCUT2D eigenvalue weighted by Crippen LogP contribution is -2.41. The molecule has 2 N–H and O–H groups in total. The Balaban J connectivity index is 1.48. The molecular formula is C26H31N7O2. The molecule has 0 spiro atoms. The number of nitrogens with zero attached hydrogens (tertiary/aromatic N) is 5. The first-order chi connectivity index (χ1) is 17.0. The van der Waals surface area contributed by atoms with Crippen molar-refractivity contribution in [2.24, 2.45) is 7.05 Å². The Bertz CT molecular complexity index is 1470. The number of ether oxygens (including phenoxy) is 1. The molecule has 0 unspecified atom stereocenters. The van der Waals surface area contributed by atoms with Gasteiger partial charge in [0.1, 0.15) is 11.3 Å². The van der Waals surface area contributed by atoms with Crippen LogP contribution < -0.4 is 21.1 Å². The quantitative estimate of drug-likeness (QED) is 0.399. The van der Waals surface area contributed by atoms with Crippen molar-refractivity contribution in [3.63, 3.8) is 0 Å². The number of aryl methyl sites for hydroxylation is 2. The Labute approximate surface area is 203 Å². The summed E-state index contributed by atoms with van der Waals surface area (Å²) in [6.07, 6.45) is 8.40. The van der Waals surface area contributed by atoms with Crippen molar-refractivity contribution >= 4 is 33.7 Å². The summed E-state index contributed by atoms with van der Waals surface area (Å²) in [6.45, 7) is 4.88. The number of imidazole rings is 1. The second-order valence-electron chi connectivity index (χ2n) is 9.94. The van der Waals surface area contributed by atoms with Gasteiger partial charge in [-0.2, -0.15) is 4.98 Å². The van der Waals surface area contributed by atoms with Gasteiger partial charge in [0.15, 0.2) is 5.65 Å². The second kappa shape index (κ2) is 8.64. The molecule has 0 saturated heterocycles. The Morgan fingerprint density at radius 3 is 2.77 bits per heavy atom. The Morgan fingerprint density at radius 1 is 1.11 bits per heavy atom. The molecule has 0 radical (unpaired) electrons. The second-order valence-corrected chi connectivity index (χ2v) is 9.94. The molecule has 3 aliphatic rings. The van der Waals surface area contributed by atoms with Crippen LogP contribution in [0.4, 0.5) is 11.6 Å². The van der Waals surface area contributed by atoms with Crippen LogP contribution in [0.25, 0.3) is 22.1 Å². The van der Waals surface area contributed by atoms with Gasteiger partial charge in [0.05, 0.1) is 18.3 Å². The van der Waals surface area contributed by atoms with E-state index in [0.717, 1.165) is 65.5 Å². The molecule has 5 heterocycles. The van der Waals surface area contributed by atoms with Gasteiger partial charge in [-0.3, -0.25) is 14.1 Å². The van der Waals surface area contributed by atoms with Crippen LogP contribution in [0.5, 0.6) is 5.75 Å². The highest BCUT2D eigenvalue weighted by molar-refractivity contribution is 5.90. The number of hydrogen-bond donors (Lipinski definition) is 2. The van der Waals surface area contributed by atoms with E-state index in [9.17, 15) is 4.79 Å². The fourth-order valence-electron chi connectivity index (χ4n) is 5.51. The van der Waals surface area contributed by atoms with E-state index in [4.69, 9.17) is 9.72 Å². The van der Waals surface area contributed by atoms with Crippen LogP contribution in [-0.2, 0) is 7.05 Å².